The number of pyridine rings is 1. The molecule has 1 aliphatic heterocycles. The van der Waals surface area contributed by atoms with Gasteiger partial charge in [-0.15, -0.1) is 0 Å². The standard InChI is InChI=1S/C26H25FN6O2S/c1-31(26-30-24(23(15-28)36-26)17-2-4-18(27)5-3-17)22-16-33(12-13-34)25(35)20-7-6-19(14-21(20)22)32-10-8-29-9-11-32/h2-7,14,16,29,34H,8-13H2,1H3. The lowest BCUT2D eigenvalue weighted by Crippen LogP contribution is -2.43. The lowest BCUT2D eigenvalue weighted by atomic mass is 10.1. The molecule has 2 aromatic carbocycles. The molecule has 36 heavy (non-hydrogen) atoms. The number of aliphatic hydroxyl groups excluding tert-OH is 1. The highest BCUT2D eigenvalue weighted by Gasteiger charge is 2.21. The summed E-state index contributed by atoms with van der Waals surface area (Å²) in [5.74, 6) is -0.359. The Labute approximate surface area is 211 Å². The Morgan fingerprint density at radius 3 is 2.64 bits per heavy atom. The maximum atomic E-state index is 13.4. The second kappa shape index (κ2) is 10.1. The maximum absolute atomic E-state index is 13.4. The largest absolute Gasteiger partial charge is 0.395 e. The number of halogens is 1. The Balaban J connectivity index is 1.64. The number of aromatic nitrogens is 2. The van der Waals surface area contributed by atoms with Gasteiger partial charge < -0.3 is 24.8 Å². The van der Waals surface area contributed by atoms with Crippen LogP contribution in [0.5, 0.6) is 0 Å². The van der Waals surface area contributed by atoms with Crippen LogP contribution in [0.2, 0.25) is 0 Å². The quantitative estimate of drug-likeness (QED) is 0.416. The summed E-state index contributed by atoms with van der Waals surface area (Å²) in [7, 11) is 1.84. The van der Waals surface area contributed by atoms with Crippen molar-refractivity contribution in [2.75, 3.05) is 49.6 Å². The monoisotopic (exact) mass is 504 g/mol. The molecular weight excluding hydrogens is 479 g/mol. The zero-order valence-corrected chi connectivity index (χ0v) is 20.6. The van der Waals surface area contributed by atoms with Gasteiger partial charge in [0.05, 0.1) is 12.3 Å². The molecule has 184 valence electrons. The third kappa shape index (κ3) is 4.44. The van der Waals surface area contributed by atoms with Gasteiger partial charge in [-0.1, -0.05) is 11.3 Å². The van der Waals surface area contributed by atoms with Gasteiger partial charge in [0.15, 0.2) is 5.13 Å². The molecule has 0 radical (unpaired) electrons. The third-order valence-corrected chi connectivity index (χ3v) is 7.39. The van der Waals surface area contributed by atoms with Crippen molar-refractivity contribution in [3.63, 3.8) is 0 Å². The van der Waals surface area contributed by atoms with E-state index >= 15 is 0 Å². The van der Waals surface area contributed by atoms with E-state index in [1.54, 1.807) is 18.3 Å². The Morgan fingerprint density at radius 2 is 1.94 bits per heavy atom. The van der Waals surface area contributed by atoms with Gasteiger partial charge in [0, 0.05) is 68.0 Å². The number of fused-ring (bicyclic) bond motifs is 1. The number of thiazole rings is 1. The predicted octanol–water partition coefficient (Wildman–Crippen LogP) is 3.31. The van der Waals surface area contributed by atoms with Crippen molar-refractivity contribution < 1.29 is 9.50 Å². The molecule has 8 nitrogen and oxygen atoms in total. The fraction of sp³-hybridized carbons (Fsp3) is 0.269. The lowest BCUT2D eigenvalue weighted by Gasteiger charge is -2.30. The number of benzene rings is 2. The smallest absolute Gasteiger partial charge is 0.258 e. The van der Waals surface area contributed by atoms with E-state index in [2.05, 4.69) is 16.3 Å². The highest BCUT2D eigenvalue weighted by atomic mass is 32.1. The minimum absolute atomic E-state index is 0.164. The predicted molar refractivity (Wildman–Crippen MR) is 141 cm³/mol. The first kappa shape index (κ1) is 23.9. The third-order valence-electron chi connectivity index (χ3n) is 6.35. The topological polar surface area (TPSA) is 97.4 Å². The number of rotatable bonds is 6. The Hall–Kier alpha value is -3.78. The van der Waals surface area contributed by atoms with Crippen molar-refractivity contribution >= 4 is 38.6 Å². The van der Waals surface area contributed by atoms with Gasteiger partial charge in [-0.2, -0.15) is 5.26 Å². The molecule has 3 heterocycles. The van der Waals surface area contributed by atoms with Crippen molar-refractivity contribution in [2.24, 2.45) is 0 Å². The van der Waals surface area contributed by atoms with Gasteiger partial charge in [0.2, 0.25) is 0 Å². The molecule has 1 aliphatic rings. The Bertz CT molecular complexity index is 1500. The van der Waals surface area contributed by atoms with Crippen LogP contribution in [-0.4, -0.2) is 54.5 Å². The number of anilines is 3. The van der Waals surface area contributed by atoms with Crippen molar-refractivity contribution in [3.05, 3.63) is 69.7 Å². The number of hydrogen-bond acceptors (Lipinski definition) is 8. The minimum atomic E-state index is -0.359. The van der Waals surface area contributed by atoms with Crippen LogP contribution in [0.25, 0.3) is 22.0 Å². The van der Waals surface area contributed by atoms with Crippen LogP contribution in [-0.2, 0) is 6.54 Å². The highest BCUT2D eigenvalue weighted by Crippen LogP contribution is 2.38. The number of hydrogen-bond donors (Lipinski definition) is 2. The van der Waals surface area contributed by atoms with Crippen molar-refractivity contribution in [3.8, 4) is 17.3 Å². The average Bonchev–Trinajstić information content (AvgIpc) is 3.35. The van der Waals surface area contributed by atoms with Crippen LogP contribution in [0.1, 0.15) is 4.88 Å². The van der Waals surface area contributed by atoms with Crippen LogP contribution in [0.4, 0.5) is 20.9 Å². The summed E-state index contributed by atoms with van der Waals surface area (Å²) in [5.41, 5.74) is 2.73. The van der Waals surface area contributed by atoms with Crippen LogP contribution in [0, 0.1) is 17.1 Å². The van der Waals surface area contributed by atoms with Crippen molar-refractivity contribution in [1.82, 2.24) is 14.9 Å². The summed E-state index contributed by atoms with van der Waals surface area (Å²) in [5, 5.41) is 24.5. The number of piperazine rings is 1. The second-order valence-electron chi connectivity index (χ2n) is 8.56. The molecule has 0 aliphatic carbocycles. The van der Waals surface area contributed by atoms with Gasteiger partial charge in [-0.3, -0.25) is 4.79 Å². The molecule has 0 saturated carbocycles. The highest BCUT2D eigenvalue weighted by molar-refractivity contribution is 7.16. The maximum Gasteiger partial charge on any atom is 0.258 e. The number of nitrogens with zero attached hydrogens (tertiary/aromatic N) is 5. The van der Waals surface area contributed by atoms with E-state index < -0.39 is 0 Å². The molecule has 0 amide bonds. The van der Waals surface area contributed by atoms with Gasteiger partial charge in [-0.05, 0) is 42.5 Å². The van der Waals surface area contributed by atoms with Gasteiger partial charge in [-0.25, -0.2) is 9.37 Å². The number of nitrogens with one attached hydrogen (secondary N) is 1. The SMILES string of the molecule is CN(c1nc(-c2ccc(F)cc2)c(C#N)s1)c1cn(CCO)c(=O)c2ccc(N3CCNCC3)cc12. The molecule has 1 saturated heterocycles. The lowest BCUT2D eigenvalue weighted by molar-refractivity contribution is 0.274. The summed E-state index contributed by atoms with van der Waals surface area (Å²) in [6.45, 7) is 3.53. The zero-order valence-electron chi connectivity index (χ0n) is 19.7. The van der Waals surface area contributed by atoms with Gasteiger partial charge in [0.25, 0.3) is 5.56 Å². The molecule has 1 fully saturated rings. The van der Waals surface area contributed by atoms with E-state index in [0.29, 0.717) is 26.7 Å². The molecule has 10 heteroatoms. The first-order valence-electron chi connectivity index (χ1n) is 11.6. The molecule has 0 unspecified atom stereocenters. The first-order chi connectivity index (χ1) is 17.5. The van der Waals surface area contributed by atoms with E-state index in [0.717, 1.165) is 42.9 Å². The van der Waals surface area contributed by atoms with Crippen molar-refractivity contribution in [1.29, 1.82) is 5.26 Å². The van der Waals surface area contributed by atoms with Crippen LogP contribution in [0.3, 0.4) is 0 Å². The normalized spacial score (nSPS) is 13.7. The Morgan fingerprint density at radius 1 is 1.19 bits per heavy atom. The summed E-state index contributed by atoms with van der Waals surface area (Å²) < 4.78 is 14.9. The van der Waals surface area contributed by atoms with Gasteiger partial charge in [0.1, 0.15) is 22.5 Å². The summed E-state index contributed by atoms with van der Waals surface area (Å²) in [4.78, 5) is 22.4. The van der Waals surface area contributed by atoms with Crippen molar-refractivity contribution in [2.45, 2.75) is 6.54 Å². The Kier molecular flexibility index (Phi) is 6.69. The van der Waals surface area contributed by atoms with E-state index in [1.165, 1.54) is 28.0 Å². The van der Waals surface area contributed by atoms with Crippen LogP contribution < -0.4 is 20.7 Å². The fourth-order valence-electron chi connectivity index (χ4n) is 4.46. The molecule has 0 spiro atoms. The fourth-order valence-corrected chi connectivity index (χ4v) is 5.32. The number of nitriles is 1. The molecule has 0 atom stereocenters. The van der Waals surface area contributed by atoms with Crippen LogP contribution >= 0.6 is 11.3 Å². The summed E-state index contributed by atoms with van der Waals surface area (Å²) in [6, 6.07) is 13.9. The van der Waals surface area contributed by atoms with E-state index in [1.807, 2.05) is 30.1 Å². The second-order valence-corrected chi connectivity index (χ2v) is 9.53. The molecule has 2 aromatic heterocycles. The zero-order chi connectivity index (χ0) is 25.2. The van der Waals surface area contributed by atoms with Crippen LogP contribution in [0.15, 0.2) is 53.5 Å². The van der Waals surface area contributed by atoms with Gasteiger partial charge >= 0.3 is 0 Å². The van der Waals surface area contributed by atoms with E-state index in [9.17, 15) is 19.6 Å². The number of aliphatic hydroxyl groups is 1. The molecule has 4 aromatic rings. The molecular formula is C26H25FN6O2S. The average molecular weight is 505 g/mol. The minimum Gasteiger partial charge on any atom is -0.395 e. The first-order valence-corrected chi connectivity index (χ1v) is 12.5. The molecule has 0 bridgehead atoms. The molecule has 2 N–H and O–H groups in total. The van der Waals surface area contributed by atoms with E-state index in [-0.39, 0.29) is 24.5 Å². The summed E-state index contributed by atoms with van der Waals surface area (Å²) in [6.07, 6.45) is 1.73. The van der Waals surface area contributed by atoms with E-state index in [4.69, 9.17) is 4.98 Å². The summed E-state index contributed by atoms with van der Waals surface area (Å²) >= 11 is 1.23. The molecule has 5 rings (SSSR count).